The van der Waals surface area contributed by atoms with E-state index in [4.69, 9.17) is 9.84 Å². The number of aryl methyl sites for hydroxylation is 1. The molecule has 2 aromatic heterocycles. The number of nitrogens with zero attached hydrogens (tertiary/aromatic N) is 4. The minimum atomic E-state index is -0.0311. The number of aromatic nitrogens is 3. The van der Waals surface area contributed by atoms with Gasteiger partial charge in [-0.3, -0.25) is 4.59 Å². The van der Waals surface area contributed by atoms with Crippen LogP contribution in [0.25, 0.3) is 22.5 Å². The first-order valence-electron chi connectivity index (χ1n) is 9.71. The van der Waals surface area contributed by atoms with E-state index in [1.165, 1.54) is 5.56 Å². The van der Waals surface area contributed by atoms with Crippen LogP contribution in [0.3, 0.4) is 0 Å². The molecule has 0 unspecified atom stereocenters. The van der Waals surface area contributed by atoms with Gasteiger partial charge in [0, 0.05) is 29.1 Å². The smallest absolute Gasteiger partial charge is 0.401 e. The molecule has 0 N–H and O–H groups in total. The molecule has 4 aromatic rings. The third-order valence-electron chi connectivity index (χ3n) is 5.42. The van der Waals surface area contributed by atoms with Crippen LogP contribution in [-0.4, -0.2) is 28.8 Å². The summed E-state index contributed by atoms with van der Waals surface area (Å²) in [6, 6.07) is 22.7. The van der Waals surface area contributed by atoms with Crippen molar-refractivity contribution in [2.24, 2.45) is 0 Å². The predicted molar refractivity (Wildman–Crippen MR) is 118 cm³/mol. The van der Waals surface area contributed by atoms with Crippen molar-refractivity contribution >= 4 is 18.5 Å². The number of hydrogen-bond acceptors (Lipinski definition) is 4. The molecule has 0 fully saturated rings. The fourth-order valence-corrected chi connectivity index (χ4v) is 3.96. The molecule has 0 atom stereocenters. The van der Waals surface area contributed by atoms with E-state index < -0.39 is 0 Å². The number of pyridine rings is 1. The van der Waals surface area contributed by atoms with E-state index in [0.717, 1.165) is 39.8 Å². The maximum Gasteiger partial charge on any atom is 0.401 e. The molecule has 5 rings (SSSR count). The zero-order chi connectivity index (χ0) is 20.0. The second-order valence-corrected chi connectivity index (χ2v) is 7.30. The molecule has 0 saturated carbocycles. The van der Waals surface area contributed by atoms with Crippen molar-refractivity contribution in [3.8, 4) is 28.3 Å². The van der Waals surface area contributed by atoms with Gasteiger partial charge in [-0.15, -0.1) is 0 Å². The second kappa shape index (κ2) is 6.81. The molecule has 6 heteroatoms. The molecule has 0 bridgehead atoms. The van der Waals surface area contributed by atoms with E-state index >= 15 is 0 Å². The number of rotatable bonds is 3. The van der Waals surface area contributed by atoms with E-state index in [1.807, 2.05) is 36.5 Å². The standard InChI is InChI=1S/C23H21BN4O/c1-16-11-12-25-23(13-16)27-21-14-18(29-3)9-10-19(21)22-15-20(26-28(22)24(27)2)17-7-5-4-6-8-17/h4-15H,1-3H3. The maximum atomic E-state index is 5.52. The first-order valence-corrected chi connectivity index (χ1v) is 9.71. The topological polar surface area (TPSA) is 43.2 Å². The zero-order valence-electron chi connectivity index (χ0n) is 16.7. The maximum absolute atomic E-state index is 5.52. The molecule has 1 aliphatic rings. The van der Waals surface area contributed by atoms with Crippen molar-refractivity contribution in [3.05, 3.63) is 78.5 Å². The van der Waals surface area contributed by atoms with Gasteiger partial charge in [0.25, 0.3) is 0 Å². The van der Waals surface area contributed by atoms with Crippen LogP contribution in [0.15, 0.2) is 72.9 Å². The normalized spacial score (nSPS) is 12.5. The van der Waals surface area contributed by atoms with Crippen molar-refractivity contribution in [2.45, 2.75) is 13.7 Å². The number of hydrogen-bond donors (Lipinski definition) is 0. The molecule has 2 aromatic carbocycles. The van der Waals surface area contributed by atoms with E-state index in [2.05, 4.69) is 64.5 Å². The Hall–Kier alpha value is -3.54. The number of methoxy groups -OCH3 is 1. The van der Waals surface area contributed by atoms with Gasteiger partial charge >= 0.3 is 6.98 Å². The monoisotopic (exact) mass is 380 g/mol. The molecule has 1 aliphatic heterocycles. The lowest BCUT2D eigenvalue weighted by atomic mass is 9.73. The summed E-state index contributed by atoms with van der Waals surface area (Å²) in [5.74, 6) is 1.72. The number of fused-ring (bicyclic) bond motifs is 3. The van der Waals surface area contributed by atoms with Gasteiger partial charge in [0.05, 0.1) is 18.5 Å². The first-order chi connectivity index (χ1) is 14.2. The van der Waals surface area contributed by atoms with Crippen molar-refractivity contribution < 1.29 is 4.74 Å². The fourth-order valence-electron chi connectivity index (χ4n) is 3.96. The van der Waals surface area contributed by atoms with Gasteiger partial charge in [-0.05, 0) is 49.6 Å². The van der Waals surface area contributed by atoms with Gasteiger partial charge in [0.15, 0.2) is 0 Å². The highest BCUT2D eigenvalue weighted by Crippen LogP contribution is 2.43. The molecule has 0 saturated heterocycles. The van der Waals surface area contributed by atoms with Gasteiger partial charge in [-0.25, -0.2) is 4.98 Å². The van der Waals surface area contributed by atoms with Crippen molar-refractivity contribution in [3.63, 3.8) is 0 Å². The van der Waals surface area contributed by atoms with Crippen LogP contribution in [0, 0.1) is 6.92 Å². The highest BCUT2D eigenvalue weighted by molar-refractivity contribution is 6.63. The molecule has 0 radical (unpaired) electrons. The second-order valence-electron chi connectivity index (χ2n) is 7.30. The highest BCUT2D eigenvalue weighted by atomic mass is 16.5. The van der Waals surface area contributed by atoms with Gasteiger partial charge in [-0.1, -0.05) is 30.3 Å². The van der Waals surface area contributed by atoms with E-state index in [-0.39, 0.29) is 6.98 Å². The Balaban J connectivity index is 1.73. The minimum Gasteiger partial charge on any atom is -0.497 e. The minimum absolute atomic E-state index is 0.0311. The average molecular weight is 380 g/mol. The van der Waals surface area contributed by atoms with Crippen molar-refractivity contribution in [2.75, 3.05) is 11.9 Å². The van der Waals surface area contributed by atoms with Crippen LogP contribution in [0.2, 0.25) is 6.82 Å². The largest absolute Gasteiger partial charge is 0.497 e. The Labute approximate surface area is 170 Å². The molecule has 5 nitrogen and oxygen atoms in total. The summed E-state index contributed by atoms with van der Waals surface area (Å²) in [5, 5.41) is 4.96. The molecule has 3 heterocycles. The Kier molecular flexibility index (Phi) is 4.12. The quantitative estimate of drug-likeness (QED) is 0.467. The third-order valence-corrected chi connectivity index (χ3v) is 5.42. The summed E-state index contributed by atoms with van der Waals surface area (Å²) in [5.41, 5.74) is 6.52. The lowest BCUT2D eigenvalue weighted by molar-refractivity contribution is 0.415. The Morgan fingerprint density at radius 1 is 0.966 bits per heavy atom. The Morgan fingerprint density at radius 2 is 1.79 bits per heavy atom. The summed E-state index contributed by atoms with van der Waals surface area (Å²) in [6.07, 6.45) is 1.85. The Bertz CT molecular complexity index is 1190. The van der Waals surface area contributed by atoms with Crippen molar-refractivity contribution in [1.82, 2.24) is 14.7 Å². The van der Waals surface area contributed by atoms with Crippen LogP contribution in [0.4, 0.5) is 11.5 Å². The molecule has 29 heavy (non-hydrogen) atoms. The molecular formula is C23H21BN4O. The van der Waals surface area contributed by atoms with Gasteiger partial charge in [0.1, 0.15) is 11.6 Å². The highest BCUT2D eigenvalue weighted by Gasteiger charge is 2.35. The summed E-state index contributed by atoms with van der Waals surface area (Å²) in [6.45, 7) is 4.20. The van der Waals surface area contributed by atoms with Crippen LogP contribution in [0.1, 0.15) is 5.56 Å². The number of ether oxygens (including phenoxy) is 1. The van der Waals surface area contributed by atoms with Crippen molar-refractivity contribution in [1.29, 1.82) is 0 Å². The first kappa shape index (κ1) is 17.6. The summed E-state index contributed by atoms with van der Waals surface area (Å²) >= 11 is 0. The third kappa shape index (κ3) is 2.88. The van der Waals surface area contributed by atoms with Gasteiger partial charge in [0.2, 0.25) is 0 Å². The zero-order valence-corrected chi connectivity index (χ0v) is 16.7. The van der Waals surface area contributed by atoms with E-state index in [0.29, 0.717) is 0 Å². The predicted octanol–water partition coefficient (Wildman–Crippen LogP) is 5.05. The molecule has 142 valence electrons. The number of benzene rings is 2. The summed E-state index contributed by atoms with van der Waals surface area (Å²) < 4.78 is 7.60. The Morgan fingerprint density at radius 3 is 2.55 bits per heavy atom. The van der Waals surface area contributed by atoms with Crippen LogP contribution in [-0.2, 0) is 0 Å². The molecule has 0 spiro atoms. The average Bonchev–Trinajstić information content (AvgIpc) is 3.20. The summed E-state index contributed by atoms with van der Waals surface area (Å²) in [4.78, 5) is 6.87. The SMILES string of the molecule is COc1ccc2c(c1)N(c1cc(C)ccn1)B(C)n1nc(-c3ccccc3)cc1-2. The fraction of sp³-hybridized carbons (Fsp3) is 0.130. The lowest BCUT2D eigenvalue weighted by Crippen LogP contribution is -2.44. The summed E-state index contributed by atoms with van der Waals surface area (Å²) in [7, 11) is 1.70. The van der Waals surface area contributed by atoms with Crippen LogP contribution < -0.4 is 9.55 Å². The van der Waals surface area contributed by atoms with Crippen LogP contribution in [0.5, 0.6) is 5.75 Å². The number of anilines is 2. The van der Waals surface area contributed by atoms with Crippen LogP contribution >= 0.6 is 0 Å². The lowest BCUT2D eigenvalue weighted by Gasteiger charge is -2.35. The van der Waals surface area contributed by atoms with Gasteiger partial charge in [-0.2, -0.15) is 5.10 Å². The molecular weight excluding hydrogens is 359 g/mol. The molecule has 0 amide bonds. The van der Waals surface area contributed by atoms with E-state index in [1.54, 1.807) is 7.11 Å². The molecule has 0 aliphatic carbocycles. The van der Waals surface area contributed by atoms with Gasteiger partial charge < -0.3 is 9.55 Å². The van der Waals surface area contributed by atoms with E-state index in [9.17, 15) is 0 Å².